The van der Waals surface area contributed by atoms with Crippen LogP contribution in [0, 0.1) is 0 Å². The van der Waals surface area contributed by atoms with Crippen molar-refractivity contribution in [3.8, 4) is 5.75 Å². The maximum Gasteiger partial charge on any atom is 0.259 e. The quantitative estimate of drug-likeness (QED) is 0.800. The summed E-state index contributed by atoms with van der Waals surface area (Å²) in [5, 5.41) is 17.6. The highest BCUT2D eigenvalue weighted by molar-refractivity contribution is 7.89. The van der Waals surface area contributed by atoms with Crippen LogP contribution in [0.3, 0.4) is 0 Å². The molecule has 2 aromatic rings. The zero-order chi connectivity index (χ0) is 15.6. The fourth-order valence-corrected chi connectivity index (χ4v) is 2.37. The van der Waals surface area contributed by atoms with Crippen molar-refractivity contribution in [1.29, 1.82) is 0 Å². The molecule has 0 fully saturated rings. The molecule has 0 saturated carbocycles. The molecule has 0 heterocycles. The summed E-state index contributed by atoms with van der Waals surface area (Å²) in [7, 11) is -3.97. The van der Waals surface area contributed by atoms with Gasteiger partial charge in [-0.2, -0.15) is 0 Å². The minimum absolute atomic E-state index is 0.207. The molecule has 21 heavy (non-hydrogen) atoms. The molecule has 0 unspecified atom stereocenters. The van der Waals surface area contributed by atoms with Crippen LogP contribution in [0.25, 0.3) is 0 Å². The smallest absolute Gasteiger partial charge is 0.259 e. The number of nitrogens with one attached hydrogen (secondary N) is 1. The van der Waals surface area contributed by atoms with Crippen LogP contribution in [0.2, 0.25) is 5.02 Å². The molecule has 0 aromatic heterocycles. The van der Waals surface area contributed by atoms with E-state index in [0.717, 1.165) is 18.2 Å². The van der Waals surface area contributed by atoms with Gasteiger partial charge in [0.05, 0.1) is 10.5 Å². The van der Waals surface area contributed by atoms with Gasteiger partial charge in [0.25, 0.3) is 5.91 Å². The zero-order valence-electron chi connectivity index (χ0n) is 10.6. The van der Waals surface area contributed by atoms with Gasteiger partial charge in [-0.25, -0.2) is 13.6 Å². The number of halogens is 1. The van der Waals surface area contributed by atoms with Crippen molar-refractivity contribution in [2.24, 2.45) is 5.14 Å². The van der Waals surface area contributed by atoms with Gasteiger partial charge in [0.15, 0.2) is 0 Å². The SMILES string of the molecule is NS(=O)(=O)c1ccc(O)c(C(=O)Nc2cccc(Cl)c2)c1. The third kappa shape index (κ3) is 3.72. The number of rotatable bonds is 3. The fraction of sp³-hybridized carbons (Fsp3) is 0. The van der Waals surface area contributed by atoms with Gasteiger partial charge in [-0.15, -0.1) is 0 Å². The predicted molar refractivity (Wildman–Crippen MR) is 78.9 cm³/mol. The first-order chi connectivity index (χ1) is 9.77. The summed E-state index contributed by atoms with van der Waals surface area (Å²) in [4.78, 5) is 11.8. The summed E-state index contributed by atoms with van der Waals surface area (Å²) < 4.78 is 22.5. The molecule has 0 bridgehead atoms. The molecule has 1 amide bonds. The molecule has 0 aliphatic heterocycles. The minimum atomic E-state index is -3.97. The maximum absolute atomic E-state index is 12.1. The first-order valence-electron chi connectivity index (χ1n) is 5.70. The van der Waals surface area contributed by atoms with Crippen LogP contribution in [0.5, 0.6) is 5.75 Å². The molecule has 0 spiro atoms. The monoisotopic (exact) mass is 326 g/mol. The summed E-state index contributed by atoms with van der Waals surface area (Å²) >= 11 is 5.79. The van der Waals surface area contributed by atoms with E-state index in [1.165, 1.54) is 6.07 Å². The van der Waals surface area contributed by atoms with Gasteiger partial charge in [-0.1, -0.05) is 17.7 Å². The van der Waals surface area contributed by atoms with Crippen molar-refractivity contribution in [1.82, 2.24) is 0 Å². The van der Waals surface area contributed by atoms with E-state index < -0.39 is 15.9 Å². The van der Waals surface area contributed by atoms with E-state index in [0.29, 0.717) is 10.7 Å². The number of benzene rings is 2. The number of amides is 1. The number of nitrogens with two attached hydrogens (primary N) is 1. The van der Waals surface area contributed by atoms with E-state index >= 15 is 0 Å². The maximum atomic E-state index is 12.1. The summed E-state index contributed by atoms with van der Waals surface area (Å²) in [6, 6.07) is 9.59. The molecule has 0 aliphatic rings. The van der Waals surface area contributed by atoms with Gasteiger partial charge >= 0.3 is 0 Å². The van der Waals surface area contributed by atoms with Gasteiger partial charge in [-0.05, 0) is 36.4 Å². The average Bonchev–Trinajstić information content (AvgIpc) is 2.37. The van der Waals surface area contributed by atoms with E-state index in [9.17, 15) is 18.3 Å². The van der Waals surface area contributed by atoms with Crippen LogP contribution in [0.4, 0.5) is 5.69 Å². The molecule has 4 N–H and O–H groups in total. The topological polar surface area (TPSA) is 109 Å². The lowest BCUT2D eigenvalue weighted by Gasteiger charge is -2.08. The van der Waals surface area contributed by atoms with Crippen LogP contribution in [-0.4, -0.2) is 19.4 Å². The van der Waals surface area contributed by atoms with Gasteiger partial charge < -0.3 is 10.4 Å². The fourth-order valence-electron chi connectivity index (χ4n) is 1.64. The Morgan fingerprint density at radius 3 is 2.52 bits per heavy atom. The van der Waals surface area contributed by atoms with Crippen LogP contribution in [-0.2, 0) is 10.0 Å². The van der Waals surface area contributed by atoms with Crippen molar-refractivity contribution >= 4 is 33.2 Å². The summed E-state index contributed by atoms with van der Waals surface area (Å²) in [6.07, 6.45) is 0. The van der Waals surface area contributed by atoms with Crippen molar-refractivity contribution in [3.63, 3.8) is 0 Å². The van der Waals surface area contributed by atoms with Crippen LogP contribution < -0.4 is 10.5 Å². The second-order valence-corrected chi connectivity index (χ2v) is 6.19. The third-order valence-electron chi connectivity index (χ3n) is 2.62. The molecule has 2 rings (SSSR count). The van der Waals surface area contributed by atoms with Gasteiger partial charge in [-0.3, -0.25) is 4.79 Å². The Bertz CT molecular complexity index is 806. The average molecular weight is 327 g/mol. The largest absolute Gasteiger partial charge is 0.507 e. The Labute approximate surface area is 126 Å². The van der Waals surface area contributed by atoms with Crippen LogP contribution in [0.15, 0.2) is 47.4 Å². The highest BCUT2D eigenvalue weighted by Crippen LogP contribution is 2.23. The molecule has 0 aliphatic carbocycles. The molecule has 110 valence electrons. The summed E-state index contributed by atoms with van der Waals surface area (Å²) in [5.41, 5.74) is 0.203. The van der Waals surface area contributed by atoms with E-state index in [1.807, 2.05) is 0 Å². The molecular weight excluding hydrogens is 316 g/mol. The Kier molecular flexibility index (Phi) is 4.17. The van der Waals surface area contributed by atoms with E-state index in [2.05, 4.69) is 5.32 Å². The molecule has 0 atom stereocenters. The minimum Gasteiger partial charge on any atom is -0.507 e. The van der Waals surface area contributed by atoms with E-state index in [-0.39, 0.29) is 16.2 Å². The van der Waals surface area contributed by atoms with Crippen LogP contribution >= 0.6 is 11.6 Å². The number of phenolic OH excluding ortho intramolecular Hbond substituents is 1. The van der Waals surface area contributed by atoms with Crippen LogP contribution in [0.1, 0.15) is 10.4 Å². The van der Waals surface area contributed by atoms with Crippen molar-refractivity contribution in [2.45, 2.75) is 4.90 Å². The third-order valence-corrected chi connectivity index (χ3v) is 3.77. The summed E-state index contributed by atoms with van der Waals surface area (Å²) in [5.74, 6) is -1.04. The number of hydrogen-bond donors (Lipinski definition) is 3. The number of carbonyl (C=O) groups excluding carboxylic acids is 1. The molecule has 6 nitrogen and oxygen atoms in total. The lowest BCUT2D eigenvalue weighted by atomic mass is 10.2. The van der Waals surface area contributed by atoms with E-state index in [1.54, 1.807) is 18.2 Å². The number of anilines is 1. The Hall–Kier alpha value is -2.09. The Morgan fingerprint density at radius 2 is 1.90 bits per heavy atom. The predicted octanol–water partition coefficient (Wildman–Crippen LogP) is 1.95. The normalized spacial score (nSPS) is 11.1. The molecule has 0 radical (unpaired) electrons. The van der Waals surface area contributed by atoms with Crippen molar-refractivity contribution in [3.05, 3.63) is 53.1 Å². The molecule has 2 aromatic carbocycles. The lowest BCUT2D eigenvalue weighted by Crippen LogP contribution is -2.16. The standard InChI is InChI=1S/C13H11ClN2O4S/c14-8-2-1-3-9(6-8)16-13(18)11-7-10(21(15,19)20)4-5-12(11)17/h1-7,17H,(H,16,18)(H2,15,19,20). The Balaban J connectivity index is 2.35. The van der Waals surface area contributed by atoms with Gasteiger partial charge in [0.1, 0.15) is 5.75 Å². The number of hydrogen-bond acceptors (Lipinski definition) is 4. The molecule has 8 heteroatoms. The number of phenols is 1. The van der Waals surface area contributed by atoms with E-state index in [4.69, 9.17) is 16.7 Å². The second-order valence-electron chi connectivity index (χ2n) is 4.19. The highest BCUT2D eigenvalue weighted by atomic mass is 35.5. The zero-order valence-corrected chi connectivity index (χ0v) is 12.1. The number of carbonyl (C=O) groups is 1. The highest BCUT2D eigenvalue weighted by Gasteiger charge is 2.16. The summed E-state index contributed by atoms with van der Waals surface area (Å²) in [6.45, 7) is 0. The van der Waals surface area contributed by atoms with Crippen molar-refractivity contribution in [2.75, 3.05) is 5.32 Å². The van der Waals surface area contributed by atoms with Gasteiger partial charge in [0, 0.05) is 10.7 Å². The Morgan fingerprint density at radius 1 is 1.19 bits per heavy atom. The second kappa shape index (κ2) is 5.72. The number of aromatic hydroxyl groups is 1. The number of sulfonamides is 1. The molecular formula is C13H11ClN2O4S. The first kappa shape index (κ1) is 15.3. The first-order valence-corrected chi connectivity index (χ1v) is 7.62. The molecule has 0 saturated heterocycles. The van der Waals surface area contributed by atoms with Gasteiger partial charge in [0.2, 0.25) is 10.0 Å². The lowest BCUT2D eigenvalue weighted by molar-refractivity contribution is 0.102. The number of primary sulfonamides is 1. The van der Waals surface area contributed by atoms with Crippen molar-refractivity contribution < 1.29 is 18.3 Å².